The van der Waals surface area contributed by atoms with Crippen LogP contribution in [0.15, 0.2) is 0 Å². The number of hydrogen-bond acceptors (Lipinski definition) is 4. The Morgan fingerprint density at radius 3 is 2.82 bits per heavy atom. The molecule has 3 unspecified atom stereocenters. The molecule has 4 N–H and O–H groups in total. The molecule has 1 fully saturated rings. The Hall–Kier alpha value is -0.750. The second-order valence-electron chi connectivity index (χ2n) is 4.43. The van der Waals surface area contributed by atoms with Crippen LogP contribution in [0, 0.1) is 0 Å². The molecular formula is C11H20N2O3S. The molecule has 1 saturated carbocycles. The van der Waals surface area contributed by atoms with E-state index in [1.807, 2.05) is 11.8 Å². The van der Waals surface area contributed by atoms with E-state index in [9.17, 15) is 9.59 Å². The van der Waals surface area contributed by atoms with E-state index in [-0.39, 0.29) is 18.4 Å². The van der Waals surface area contributed by atoms with E-state index in [1.54, 1.807) is 0 Å². The highest BCUT2D eigenvalue weighted by Gasteiger charge is 2.25. The fourth-order valence-corrected chi connectivity index (χ4v) is 2.91. The van der Waals surface area contributed by atoms with Crippen molar-refractivity contribution in [2.24, 2.45) is 5.73 Å². The van der Waals surface area contributed by atoms with Crippen LogP contribution in [0.2, 0.25) is 0 Å². The van der Waals surface area contributed by atoms with Gasteiger partial charge in [-0.05, 0) is 25.5 Å². The molecule has 5 nitrogen and oxygen atoms in total. The zero-order valence-electron chi connectivity index (χ0n) is 10.0. The molecule has 0 heterocycles. The van der Waals surface area contributed by atoms with Gasteiger partial charge in [-0.15, -0.1) is 0 Å². The first-order valence-corrected chi connectivity index (χ1v) is 7.12. The predicted octanol–water partition coefficient (Wildman–Crippen LogP) is 0.579. The second-order valence-corrected chi connectivity index (χ2v) is 5.57. The zero-order valence-corrected chi connectivity index (χ0v) is 10.8. The molecule has 0 bridgehead atoms. The van der Waals surface area contributed by atoms with Crippen molar-refractivity contribution in [2.45, 2.75) is 49.4 Å². The van der Waals surface area contributed by atoms with Crippen molar-refractivity contribution >= 4 is 23.6 Å². The molecule has 0 saturated heterocycles. The SMILES string of the molecule is CSC1CCCC(NC(=O)C(N)CC(=O)O)C1. The maximum Gasteiger partial charge on any atom is 0.305 e. The molecule has 1 aliphatic rings. The van der Waals surface area contributed by atoms with Crippen molar-refractivity contribution in [1.82, 2.24) is 5.32 Å². The number of nitrogens with two attached hydrogens (primary N) is 1. The van der Waals surface area contributed by atoms with Gasteiger partial charge in [-0.3, -0.25) is 9.59 Å². The van der Waals surface area contributed by atoms with Crippen LogP contribution in [0.3, 0.4) is 0 Å². The van der Waals surface area contributed by atoms with Crippen LogP contribution in [0.25, 0.3) is 0 Å². The molecule has 0 aromatic heterocycles. The van der Waals surface area contributed by atoms with Gasteiger partial charge in [-0.25, -0.2) is 0 Å². The minimum Gasteiger partial charge on any atom is -0.481 e. The van der Waals surface area contributed by atoms with Crippen LogP contribution in [0.1, 0.15) is 32.1 Å². The van der Waals surface area contributed by atoms with E-state index in [0.717, 1.165) is 19.3 Å². The number of carbonyl (C=O) groups is 2. The van der Waals surface area contributed by atoms with Gasteiger partial charge in [0.15, 0.2) is 0 Å². The van der Waals surface area contributed by atoms with Crippen molar-refractivity contribution in [1.29, 1.82) is 0 Å². The summed E-state index contributed by atoms with van der Waals surface area (Å²) in [7, 11) is 0. The second kappa shape index (κ2) is 6.86. The summed E-state index contributed by atoms with van der Waals surface area (Å²) in [6.07, 6.45) is 5.96. The topological polar surface area (TPSA) is 92.4 Å². The van der Waals surface area contributed by atoms with E-state index in [4.69, 9.17) is 10.8 Å². The largest absolute Gasteiger partial charge is 0.481 e. The van der Waals surface area contributed by atoms with Crippen LogP contribution in [0.5, 0.6) is 0 Å². The quantitative estimate of drug-likeness (QED) is 0.672. The average molecular weight is 260 g/mol. The summed E-state index contributed by atoms with van der Waals surface area (Å²) in [6.45, 7) is 0. The predicted molar refractivity (Wildman–Crippen MR) is 67.9 cm³/mol. The first kappa shape index (κ1) is 14.3. The van der Waals surface area contributed by atoms with Crippen LogP contribution < -0.4 is 11.1 Å². The number of rotatable bonds is 5. The highest BCUT2D eigenvalue weighted by molar-refractivity contribution is 7.99. The zero-order chi connectivity index (χ0) is 12.8. The summed E-state index contributed by atoms with van der Waals surface area (Å²) in [5, 5.41) is 12.0. The average Bonchev–Trinajstić information content (AvgIpc) is 2.28. The number of nitrogens with one attached hydrogen (secondary N) is 1. The maximum absolute atomic E-state index is 11.6. The lowest BCUT2D eigenvalue weighted by Crippen LogP contribution is -2.47. The van der Waals surface area contributed by atoms with Crippen LogP contribution in [-0.4, -0.2) is 40.6 Å². The van der Waals surface area contributed by atoms with E-state index in [2.05, 4.69) is 11.6 Å². The molecule has 0 aromatic rings. The molecule has 0 aromatic carbocycles. The number of aliphatic carboxylic acids is 1. The highest BCUT2D eigenvalue weighted by atomic mass is 32.2. The lowest BCUT2D eigenvalue weighted by atomic mass is 9.94. The minimum atomic E-state index is -1.04. The number of thioether (sulfide) groups is 1. The number of amides is 1. The molecule has 98 valence electrons. The van der Waals surface area contributed by atoms with Crippen molar-refractivity contribution in [3.63, 3.8) is 0 Å². The van der Waals surface area contributed by atoms with Crippen molar-refractivity contribution in [2.75, 3.05) is 6.26 Å². The van der Waals surface area contributed by atoms with Gasteiger partial charge in [0.2, 0.25) is 5.91 Å². The van der Waals surface area contributed by atoms with Crippen LogP contribution in [0.4, 0.5) is 0 Å². The first-order valence-electron chi connectivity index (χ1n) is 5.83. The van der Waals surface area contributed by atoms with E-state index < -0.39 is 12.0 Å². The summed E-state index contributed by atoms with van der Waals surface area (Å²) < 4.78 is 0. The third-order valence-corrected chi connectivity index (χ3v) is 4.13. The van der Waals surface area contributed by atoms with Crippen LogP contribution >= 0.6 is 11.8 Å². The van der Waals surface area contributed by atoms with Gasteiger partial charge in [0.25, 0.3) is 0 Å². The Morgan fingerprint density at radius 1 is 1.53 bits per heavy atom. The summed E-state index contributed by atoms with van der Waals surface area (Å²) >= 11 is 1.82. The van der Waals surface area contributed by atoms with Gasteiger partial charge >= 0.3 is 5.97 Å². The Morgan fingerprint density at radius 2 is 2.24 bits per heavy atom. The highest BCUT2D eigenvalue weighted by Crippen LogP contribution is 2.26. The fourth-order valence-electron chi connectivity index (χ4n) is 2.08. The Labute approximate surface area is 106 Å². The monoisotopic (exact) mass is 260 g/mol. The summed E-state index contributed by atoms with van der Waals surface area (Å²) in [6, 6.07) is -0.796. The third kappa shape index (κ3) is 4.95. The summed E-state index contributed by atoms with van der Waals surface area (Å²) in [5.41, 5.74) is 5.50. The standard InChI is InChI=1S/C11H20N2O3S/c1-17-8-4-2-3-7(5-8)13-11(16)9(12)6-10(14)15/h7-9H,2-6,12H2,1H3,(H,13,16)(H,14,15). The third-order valence-electron chi connectivity index (χ3n) is 3.04. The van der Waals surface area contributed by atoms with Gasteiger partial charge in [-0.2, -0.15) is 11.8 Å². The Bertz CT molecular complexity index is 286. The molecule has 0 aliphatic heterocycles. The number of carbonyl (C=O) groups excluding carboxylic acids is 1. The Kier molecular flexibility index (Phi) is 5.77. The van der Waals surface area contributed by atoms with Gasteiger partial charge in [-0.1, -0.05) is 6.42 Å². The molecule has 1 rings (SSSR count). The number of carboxylic acids is 1. The normalized spacial score (nSPS) is 26.2. The molecule has 0 spiro atoms. The number of carboxylic acid groups (broad SMARTS) is 1. The van der Waals surface area contributed by atoms with E-state index in [0.29, 0.717) is 5.25 Å². The molecule has 1 amide bonds. The van der Waals surface area contributed by atoms with Gasteiger partial charge in [0.1, 0.15) is 0 Å². The molecule has 0 radical (unpaired) electrons. The lowest BCUT2D eigenvalue weighted by molar-refractivity contribution is -0.139. The van der Waals surface area contributed by atoms with Gasteiger partial charge in [0.05, 0.1) is 12.5 Å². The van der Waals surface area contributed by atoms with Crippen molar-refractivity contribution in [3.8, 4) is 0 Å². The Balaban J connectivity index is 2.37. The molecular weight excluding hydrogens is 240 g/mol. The summed E-state index contributed by atoms with van der Waals surface area (Å²) in [4.78, 5) is 22.1. The molecule has 6 heteroatoms. The fraction of sp³-hybridized carbons (Fsp3) is 0.818. The molecule has 1 aliphatic carbocycles. The van der Waals surface area contributed by atoms with E-state index >= 15 is 0 Å². The maximum atomic E-state index is 11.6. The smallest absolute Gasteiger partial charge is 0.305 e. The van der Waals surface area contributed by atoms with Gasteiger partial charge in [0, 0.05) is 11.3 Å². The first-order chi connectivity index (χ1) is 8.02. The molecule has 3 atom stereocenters. The van der Waals surface area contributed by atoms with Crippen molar-refractivity contribution in [3.05, 3.63) is 0 Å². The van der Waals surface area contributed by atoms with Crippen molar-refractivity contribution < 1.29 is 14.7 Å². The van der Waals surface area contributed by atoms with Crippen LogP contribution in [-0.2, 0) is 9.59 Å². The number of hydrogen-bond donors (Lipinski definition) is 3. The van der Waals surface area contributed by atoms with Gasteiger partial charge < -0.3 is 16.2 Å². The summed E-state index contributed by atoms with van der Waals surface area (Å²) in [5.74, 6) is -1.39. The lowest BCUT2D eigenvalue weighted by Gasteiger charge is -2.29. The van der Waals surface area contributed by atoms with E-state index in [1.165, 1.54) is 6.42 Å². The minimum absolute atomic E-state index is 0.147. The molecule has 17 heavy (non-hydrogen) atoms.